The minimum Gasteiger partial charge on any atom is -0.457 e. The number of hydrogen-bond donors (Lipinski definition) is 0. The van der Waals surface area contributed by atoms with E-state index in [-0.39, 0.29) is 11.6 Å². The van der Waals surface area contributed by atoms with Gasteiger partial charge in [-0.2, -0.15) is 26.3 Å². The van der Waals surface area contributed by atoms with Crippen LogP contribution in [0.4, 0.5) is 26.3 Å². The Balaban J connectivity index is 2.08. The van der Waals surface area contributed by atoms with Gasteiger partial charge in [0.05, 0.1) is 27.8 Å². The van der Waals surface area contributed by atoms with Crippen LogP contribution in [0.5, 0.6) is 0 Å². The van der Waals surface area contributed by atoms with Crippen molar-refractivity contribution in [2.45, 2.75) is 19.0 Å². The molecule has 0 aliphatic carbocycles. The monoisotopic (exact) mass is 416 g/mol. The van der Waals surface area contributed by atoms with E-state index in [1.54, 1.807) is 0 Å². The average molecular weight is 416 g/mol. The molecule has 29 heavy (non-hydrogen) atoms. The van der Waals surface area contributed by atoms with E-state index in [9.17, 15) is 40.7 Å². The summed E-state index contributed by atoms with van der Waals surface area (Å²) in [6.07, 6.45) is -10.3. The van der Waals surface area contributed by atoms with Gasteiger partial charge in [-0.15, -0.1) is 0 Å². The van der Waals surface area contributed by atoms with Crippen LogP contribution in [0.1, 0.15) is 47.8 Å². The number of carbonyl (C=O) groups excluding carboxylic acids is 3. The molecule has 0 N–H and O–H groups in total. The Bertz CT molecular complexity index is 1110. The first kappa shape index (κ1) is 19.0. The molecule has 2 aliphatic heterocycles. The second-order valence-corrected chi connectivity index (χ2v) is 6.25. The van der Waals surface area contributed by atoms with Crippen LogP contribution < -0.4 is 0 Å². The summed E-state index contributed by atoms with van der Waals surface area (Å²) >= 11 is 0. The molecule has 11 heteroatoms. The Hall–Kier alpha value is -3.37. The summed E-state index contributed by atoms with van der Waals surface area (Å²) in [6, 6.07) is 2.01. The molecule has 4 rings (SSSR count). The second kappa shape index (κ2) is 5.82. The van der Waals surface area contributed by atoms with E-state index >= 15 is 0 Å². The van der Waals surface area contributed by atoms with Gasteiger partial charge in [0.1, 0.15) is 6.61 Å². The van der Waals surface area contributed by atoms with Crippen LogP contribution in [0.3, 0.4) is 0 Å². The van der Waals surface area contributed by atoms with Crippen molar-refractivity contribution in [3.8, 4) is 11.1 Å². The van der Waals surface area contributed by atoms with Crippen LogP contribution in [0, 0.1) is 0 Å². The molecule has 0 amide bonds. The number of halogens is 6. The molecule has 2 heterocycles. The fourth-order valence-electron chi connectivity index (χ4n) is 3.22. The van der Waals surface area contributed by atoms with Crippen molar-refractivity contribution >= 4 is 17.9 Å². The van der Waals surface area contributed by atoms with Gasteiger partial charge in [-0.3, -0.25) is 0 Å². The van der Waals surface area contributed by atoms with Crippen molar-refractivity contribution in [2.24, 2.45) is 0 Å². The van der Waals surface area contributed by atoms with Crippen LogP contribution in [0.2, 0.25) is 0 Å². The summed E-state index contributed by atoms with van der Waals surface area (Å²) in [7, 11) is 0. The van der Waals surface area contributed by atoms with Gasteiger partial charge in [0, 0.05) is 5.56 Å². The molecular weight excluding hydrogens is 410 g/mol. The van der Waals surface area contributed by atoms with Crippen molar-refractivity contribution in [1.82, 2.24) is 0 Å². The van der Waals surface area contributed by atoms with Crippen LogP contribution >= 0.6 is 0 Å². The summed E-state index contributed by atoms with van der Waals surface area (Å²) in [4.78, 5) is 34.9. The van der Waals surface area contributed by atoms with E-state index in [4.69, 9.17) is 0 Å². The minimum atomic E-state index is -5.15. The Morgan fingerprint density at radius 2 is 1.10 bits per heavy atom. The number of fused-ring (bicyclic) bond motifs is 2. The molecule has 0 spiro atoms. The fourth-order valence-corrected chi connectivity index (χ4v) is 3.22. The zero-order chi connectivity index (χ0) is 21.3. The molecule has 2 aromatic carbocycles. The number of cyclic esters (lactones) is 3. The predicted molar refractivity (Wildman–Crippen MR) is 80.7 cm³/mol. The van der Waals surface area contributed by atoms with E-state index in [2.05, 4.69) is 9.47 Å². The minimum absolute atomic E-state index is 0.0368. The molecule has 0 radical (unpaired) electrons. The molecular formula is C18H6F6O5. The Labute approximate surface area is 156 Å². The number of benzene rings is 2. The van der Waals surface area contributed by atoms with Gasteiger partial charge in [0.25, 0.3) is 0 Å². The summed E-state index contributed by atoms with van der Waals surface area (Å²) in [6.45, 7) is -0.411. The molecule has 0 saturated heterocycles. The summed E-state index contributed by atoms with van der Waals surface area (Å²) in [5.41, 5.74) is -6.68. The summed E-state index contributed by atoms with van der Waals surface area (Å²) in [5, 5.41) is 0. The number of rotatable bonds is 1. The number of esters is 3. The molecule has 0 unspecified atom stereocenters. The molecule has 0 atom stereocenters. The number of hydrogen-bond acceptors (Lipinski definition) is 5. The first-order valence-corrected chi connectivity index (χ1v) is 7.81. The van der Waals surface area contributed by atoms with Gasteiger partial charge < -0.3 is 9.47 Å². The smallest absolute Gasteiger partial charge is 0.417 e. The van der Waals surface area contributed by atoms with Gasteiger partial charge in [0.2, 0.25) is 0 Å². The molecule has 2 aliphatic rings. The quantitative estimate of drug-likeness (QED) is 0.392. The first-order valence-electron chi connectivity index (χ1n) is 7.81. The number of alkyl halides is 6. The molecule has 5 nitrogen and oxygen atoms in total. The van der Waals surface area contributed by atoms with Crippen LogP contribution in [-0.2, 0) is 28.4 Å². The maximum absolute atomic E-state index is 13.6. The third-order valence-corrected chi connectivity index (χ3v) is 4.51. The van der Waals surface area contributed by atoms with Crippen molar-refractivity contribution in [2.75, 3.05) is 0 Å². The van der Waals surface area contributed by atoms with Gasteiger partial charge in [-0.05, 0) is 35.4 Å². The summed E-state index contributed by atoms with van der Waals surface area (Å²) < 4.78 is 90.4. The third-order valence-electron chi connectivity index (χ3n) is 4.51. The lowest BCUT2D eigenvalue weighted by Crippen LogP contribution is -2.14. The highest BCUT2D eigenvalue weighted by atomic mass is 19.4. The van der Waals surface area contributed by atoms with E-state index in [1.165, 1.54) is 0 Å². The zero-order valence-corrected chi connectivity index (χ0v) is 13.8. The van der Waals surface area contributed by atoms with Gasteiger partial charge >= 0.3 is 30.3 Å². The third kappa shape index (κ3) is 2.93. The van der Waals surface area contributed by atoms with Crippen molar-refractivity contribution < 1.29 is 50.2 Å². The SMILES string of the molecule is O=C1OCc2cc(-c3cc4c(cc3C(F)(F)F)C(=O)OC4=O)c(C(F)(F)F)cc21. The first-order chi connectivity index (χ1) is 13.4. The molecule has 0 bridgehead atoms. The van der Waals surface area contributed by atoms with Crippen LogP contribution in [0.15, 0.2) is 24.3 Å². The highest BCUT2D eigenvalue weighted by Gasteiger charge is 2.43. The molecule has 0 saturated carbocycles. The lowest BCUT2D eigenvalue weighted by Gasteiger charge is -2.19. The van der Waals surface area contributed by atoms with E-state index in [1.807, 2.05) is 0 Å². The lowest BCUT2D eigenvalue weighted by molar-refractivity contribution is -0.139. The number of ether oxygens (including phenoxy) is 2. The van der Waals surface area contributed by atoms with E-state index in [0.717, 1.165) is 6.07 Å². The Morgan fingerprint density at radius 3 is 1.66 bits per heavy atom. The van der Waals surface area contributed by atoms with Crippen molar-refractivity contribution in [3.05, 3.63) is 57.6 Å². The predicted octanol–water partition coefficient (Wildman–Crippen LogP) is 4.37. The maximum Gasteiger partial charge on any atom is 0.417 e. The highest BCUT2D eigenvalue weighted by molar-refractivity contribution is 6.15. The van der Waals surface area contributed by atoms with Crippen molar-refractivity contribution in [3.63, 3.8) is 0 Å². The van der Waals surface area contributed by atoms with Gasteiger partial charge in [-0.25, -0.2) is 14.4 Å². The average Bonchev–Trinajstić information content (AvgIpc) is 3.11. The zero-order valence-electron chi connectivity index (χ0n) is 13.8. The Morgan fingerprint density at radius 1 is 0.621 bits per heavy atom. The largest absolute Gasteiger partial charge is 0.457 e. The molecule has 0 fully saturated rings. The second-order valence-electron chi connectivity index (χ2n) is 6.25. The molecule has 150 valence electrons. The fraction of sp³-hybridized carbons (Fsp3) is 0.167. The number of carbonyl (C=O) groups is 3. The van der Waals surface area contributed by atoms with Crippen molar-refractivity contribution in [1.29, 1.82) is 0 Å². The van der Waals surface area contributed by atoms with Gasteiger partial charge in [0.15, 0.2) is 0 Å². The molecule has 0 aromatic heterocycles. The lowest BCUT2D eigenvalue weighted by atomic mass is 9.89. The van der Waals surface area contributed by atoms with Gasteiger partial charge in [-0.1, -0.05) is 0 Å². The summed E-state index contributed by atoms with van der Waals surface area (Å²) in [5.74, 6) is -3.63. The topological polar surface area (TPSA) is 69.7 Å². The normalized spacial score (nSPS) is 15.9. The maximum atomic E-state index is 13.6. The van der Waals surface area contributed by atoms with Crippen LogP contribution in [0.25, 0.3) is 11.1 Å². The molecule has 2 aromatic rings. The van der Waals surface area contributed by atoms with Crippen LogP contribution in [-0.4, -0.2) is 17.9 Å². The van der Waals surface area contributed by atoms with E-state index in [0.29, 0.717) is 12.1 Å². The van der Waals surface area contributed by atoms with E-state index < -0.39 is 75.8 Å². The highest BCUT2D eigenvalue weighted by Crippen LogP contribution is 2.46. The Kier molecular flexibility index (Phi) is 3.80. The standard InChI is InChI=1S/C18H6F6O5/c19-17(20,21)12-3-7-6(5-28-14(7)25)1-8(12)9-2-10-11(16(27)29-15(10)26)4-13(9)18(22,23)24/h1-4H,5H2.